The molecule has 192 valence electrons. The topological polar surface area (TPSA) is 82.7 Å². The maximum Gasteiger partial charge on any atom is 0.177 e. The lowest BCUT2D eigenvalue weighted by molar-refractivity contribution is -0.0395. The summed E-state index contributed by atoms with van der Waals surface area (Å²) in [6, 6.07) is 5.33. The van der Waals surface area contributed by atoms with E-state index in [1.807, 2.05) is 21.6 Å². The van der Waals surface area contributed by atoms with E-state index in [2.05, 4.69) is 45.4 Å². The van der Waals surface area contributed by atoms with Gasteiger partial charge in [-0.25, -0.2) is 9.67 Å². The van der Waals surface area contributed by atoms with E-state index in [0.29, 0.717) is 12.1 Å². The molecule has 0 spiro atoms. The Morgan fingerprint density at radius 1 is 0.972 bits per heavy atom. The lowest BCUT2D eigenvalue weighted by Crippen LogP contribution is -2.47. The summed E-state index contributed by atoms with van der Waals surface area (Å²) in [6.07, 6.45) is 7.56. The molecule has 7 heterocycles. The van der Waals surface area contributed by atoms with Crippen LogP contribution in [0.2, 0.25) is 0 Å². The Labute approximate surface area is 224 Å². The fraction of sp³-hybridized carbons (Fsp3) is 0.640. The number of ether oxygens (including phenoxy) is 3. The van der Waals surface area contributed by atoms with Gasteiger partial charge in [0.2, 0.25) is 0 Å². The maximum atomic E-state index is 5.96. The molecule has 36 heavy (non-hydrogen) atoms. The zero-order valence-electron chi connectivity index (χ0n) is 20.6. The summed E-state index contributed by atoms with van der Waals surface area (Å²) in [5, 5.41) is 10.9. The van der Waals surface area contributed by atoms with E-state index < -0.39 is 0 Å². The van der Waals surface area contributed by atoms with E-state index in [9.17, 15) is 0 Å². The summed E-state index contributed by atoms with van der Waals surface area (Å²) in [5.41, 5.74) is 2.04. The Morgan fingerprint density at radius 2 is 1.83 bits per heavy atom. The van der Waals surface area contributed by atoms with Crippen molar-refractivity contribution in [3.63, 3.8) is 0 Å². The van der Waals surface area contributed by atoms with E-state index in [1.165, 1.54) is 5.69 Å². The molecule has 4 atom stereocenters. The Kier molecular flexibility index (Phi) is 6.06. The molecule has 4 aliphatic heterocycles. The molecular formula is C25H32IN7O3. The number of nitrogens with zero attached hydrogens (tertiary/aromatic N) is 7. The average Bonchev–Trinajstić information content (AvgIpc) is 3.59. The molecule has 0 aromatic carbocycles. The normalized spacial score (nSPS) is 28.8. The van der Waals surface area contributed by atoms with Gasteiger partial charge in [0.25, 0.3) is 0 Å². The molecule has 0 saturated carbocycles. The minimum absolute atomic E-state index is 0.00865. The second-order valence-corrected chi connectivity index (χ2v) is 11.3. The predicted molar refractivity (Wildman–Crippen MR) is 144 cm³/mol. The van der Waals surface area contributed by atoms with Crippen LogP contribution in [0, 0.1) is 3.70 Å². The van der Waals surface area contributed by atoms with Gasteiger partial charge in [0, 0.05) is 37.5 Å². The van der Waals surface area contributed by atoms with E-state index >= 15 is 0 Å². The highest BCUT2D eigenvalue weighted by Gasteiger charge is 2.39. The monoisotopic (exact) mass is 605 g/mol. The number of rotatable bonds is 4. The number of fused-ring (bicyclic) bond motifs is 3. The lowest BCUT2D eigenvalue weighted by atomic mass is 10.1. The molecule has 7 rings (SSSR count). The van der Waals surface area contributed by atoms with Gasteiger partial charge in [-0.3, -0.25) is 0 Å². The Morgan fingerprint density at radius 3 is 2.61 bits per heavy atom. The molecule has 0 radical (unpaired) electrons. The molecule has 4 fully saturated rings. The fourth-order valence-corrected chi connectivity index (χ4v) is 6.92. The van der Waals surface area contributed by atoms with E-state index in [0.717, 1.165) is 98.1 Å². The predicted octanol–water partition coefficient (Wildman–Crippen LogP) is 3.51. The molecule has 3 aromatic heterocycles. The number of anilines is 2. The molecule has 4 saturated heterocycles. The van der Waals surface area contributed by atoms with Crippen molar-refractivity contribution in [2.45, 2.75) is 63.4 Å². The number of aromatic nitrogens is 5. The van der Waals surface area contributed by atoms with Crippen LogP contribution in [0.4, 0.5) is 11.5 Å². The highest BCUT2D eigenvalue weighted by atomic mass is 127. The third-order valence-electron chi connectivity index (χ3n) is 8.00. The van der Waals surface area contributed by atoms with E-state index in [-0.39, 0.29) is 12.3 Å². The van der Waals surface area contributed by atoms with Crippen LogP contribution < -0.4 is 9.80 Å². The quantitative estimate of drug-likeness (QED) is 0.419. The number of morpholine rings is 2. The molecule has 11 heteroatoms. The first-order valence-electron chi connectivity index (χ1n) is 13.1. The molecule has 4 aliphatic rings. The van der Waals surface area contributed by atoms with Gasteiger partial charge in [-0.2, -0.15) is 14.9 Å². The maximum absolute atomic E-state index is 5.96. The van der Waals surface area contributed by atoms with Crippen LogP contribution in [0.3, 0.4) is 0 Å². The zero-order chi connectivity index (χ0) is 24.2. The smallest absolute Gasteiger partial charge is 0.177 e. The molecule has 10 nitrogen and oxygen atoms in total. The minimum Gasteiger partial charge on any atom is -0.377 e. The van der Waals surface area contributed by atoms with Gasteiger partial charge in [0.15, 0.2) is 11.5 Å². The summed E-state index contributed by atoms with van der Waals surface area (Å²) >= 11 is 2.35. The number of hydrogen-bond donors (Lipinski definition) is 0. The second-order valence-electron chi connectivity index (χ2n) is 10.3. The van der Waals surface area contributed by atoms with Crippen LogP contribution in [0.5, 0.6) is 0 Å². The first-order chi connectivity index (χ1) is 17.7. The highest BCUT2D eigenvalue weighted by Crippen LogP contribution is 2.40. The summed E-state index contributed by atoms with van der Waals surface area (Å²) in [5.74, 6) is 1.78. The lowest BCUT2D eigenvalue weighted by Gasteiger charge is -2.38. The van der Waals surface area contributed by atoms with Gasteiger partial charge in [0.05, 0.1) is 49.6 Å². The largest absolute Gasteiger partial charge is 0.377 e. The number of hydrogen-bond acceptors (Lipinski definition) is 8. The number of halogens is 1. The Balaban J connectivity index is 1.37. The second kappa shape index (κ2) is 9.41. The van der Waals surface area contributed by atoms with Crippen molar-refractivity contribution in [3.05, 3.63) is 22.0 Å². The van der Waals surface area contributed by atoms with Crippen molar-refractivity contribution >= 4 is 45.1 Å². The van der Waals surface area contributed by atoms with Crippen molar-refractivity contribution in [1.29, 1.82) is 0 Å². The SMILES string of the molecule is C[C@@H]1COCCN1c1cc(N2C3CCC2COC3)nc2c1c(I)nn2-c1ccn(C2CCCCO2)n1. The standard InChI is InChI=1S/C25H32IN7O3/c1-16-13-34-11-9-30(16)19-12-21(32-17-5-6-18(32)15-35-14-17)27-25-23(19)24(26)29-33(25)20-7-8-31(28-20)22-4-2-3-10-36-22/h7-8,12,16-18,22H,2-6,9-11,13-15H2,1H3/t16-,17?,18?,22?/m1/s1. The van der Waals surface area contributed by atoms with Crippen LogP contribution in [0.15, 0.2) is 18.3 Å². The van der Waals surface area contributed by atoms with Gasteiger partial charge in [-0.1, -0.05) is 0 Å². The zero-order valence-corrected chi connectivity index (χ0v) is 22.7. The van der Waals surface area contributed by atoms with Crippen molar-refractivity contribution in [2.24, 2.45) is 0 Å². The Hall–Kier alpha value is -1.96. The van der Waals surface area contributed by atoms with Crippen LogP contribution in [-0.4, -0.2) is 82.2 Å². The van der Waals surface area contributed by atoms with E-state index in [1.54, 1.807) is 0 Å². The van der Waals surface area contributed by atoms with Gasteiger partial charge in [-0.15, -0.1) is 0 Å². The van der Waals surface area contributed by atoms with Crippen molar-refractivity contribution in [1.82, 2.24) is 24.5 Å². The van der Waals surface area contributed by atoms with Crippen molar-refractivity contribution < 1.29 is 14.2 Å². The highest BCUT2D eigenvalue weighted by molar-refractivity contribution is 14.1. The summed E-state index contributed by atoms with van der Waals surface area (Å²) in [6.45, 7) is 6.85. The van der Waals surface area contributed by atoms with Crippen LogP contribution in [-0.2, 0) is 14.2 Å². The molecule has 2 bridgehead atoms. The van der Waals surface area contributed by atoms with E-state index in [4.69, 9.17) is 29.4 Å². The van der Waals surface area contributed by atoms with Gasteiger partial charge >= 0.3 is 0 Å². The van der Waals surface area contributed by atoms with Crippen LogP contribution in [0.1, 0.15) is 45.3 Å². The first-order valence-corrected chi connectivity index (χ1v) is 14.2. The third-order valence-corrected chi connectivity index (χ3v) is 8.76. The minimum atomic E-state index is -0.00865. The van der Waals surface area contributed by atoms with Crippen molar-refractivity contribution in [2.75, 3.05) is 49.4 Å². The summed E-state index contributed by atoms with van der Waals surface area (Å²) < 4.78 is 22.4. The molecule has 3 aromatic rings. The fourth-order valence-electron chi connectivity index (χ4n) is 6.18. The van der Waals surface area contributed by atoms with Gasteiger partial charge in [0.1, 0.15) is 15.7 Å². The average molecular weight is 605 g/mol. The first kappa shape index (κ1) is 23.2. The molecule has 0 N–H and O–H groups in total. The van der Waals surface area contributed by atoms with Crippen LogP contribution >= 0.6 is 22.6 Å². The molecule has 0 aliphatic carbocycles. The number of pyridine rings is 1. The van der Waals surface area contributed by atoms with Gasteiger partial charge in [-0.05, 0) is 61.6 Å². The summed E-state index contributed by atoms with van der Waals surface area (Å²) in [7, 11) is 0. The summed E-state index contributed by atoms with van der Waals surface area (Å²) in [4.78, 5) is 10.2. The van der Waals surface area contributed by atoms with Crippen LogP contribution in [0.25, 0.3) is 16.9 Å². The van der Waals surface area contributed by atoms with Gasteiger partial charge < -0.3 is 24.0 Å². The van der Waals surface area contributed by atoms with Crippen molar-refractivity contribution in [3.8, 4) is 5.82 Å². The molecular weight excluding hydrogens is 573 g/mol. The third kappa shape index (κ3) is 3.89. The molecule has 0 amide bonds. The Bertz CT molecular complexity index is 1240. The molecule has 3 unspecified atom stereocenters.